The molecule has 0 saturated carbocycles. The highest BCUT2D eigenvalue weighted by atomic mass is 32.2. The average Bonchev–Trinajstić information content (AvgIpc) is 3.22. The Morgan fingerprint density at radius 2 is 1.89 bits per heavy atom. The predicted octanol–water partition coefficient (Wildman–Crippen LogP) is 0.564. The number of carbonyl (C=O) groups is 3. The summed E-state index contributed by atoms with van der Waals surface area (Å²) < 4.78 is 24.3. The van der Waals surface area contributed by atoms with E-state index in [4.69, 9.17) is 0 Å². The topological polar surface area (TPSA) is 104 Å². The molecule has 0 aliphatic carbocycles. The van der Waals surface area contributed by atoms with Gasteiger partial charge in [0.25, 0.3) is 0 Å². The van der Waals surface area contributed by atoms with E-state index in [0.717, 1.165) is 5.56 Å². The molecule has 27 heavy (non-hydrogen) atoms. The van der Waals surface area contributed by atoms with Crippen LogP contribution in [0.1, 0.15) is 25.8 Å². The van der Waals surface area contributed by atoms with Gasteiger partial charge in [0.05, 0.1) is 29.2 Å². The molecule has 2 saturated heterocycles. The average molecular weight is 393 g/mol. The molecule has 2 aliphatic heterocycles. The first-order valence-corrected chi connectivity index (χ1v) is 10.5. The van der Waals surface area contributed by atoms with Crippen LogP contribution in [-0.4, -0.2) is 67.0 Å². The molecule has 146 valence electrons. The number of urea groups is 1. The van der Waals surface area contributed by atoms with Crippen LogP contribution in [0, 0.1) is 0 Å². The zero-order valence-corrected chi connectivity index (χ0v) is 16.2. The monoisotopic (exact) mass is 393 g/mol. The maximum Gasteiger partial charge on any atom is 0.324 e. The van der Waals surface area contributed by atoms with E-state index >= 15 is 0 Å². The van der Waals surface area contributed by atoms with Gasteiger partial charge < -0.3 is 10.2 Å². The third kappa shape index (κ3) is 3.83. The number of rotatable bonds is 5. The molecule has 0 spiro atoms. The Morgan fingerprint density at radius 1 is 1.22 bits per heavy atom. The summed E-state index contributed by atoms with van der Waals surface area (Å²) >= 11 is 0. The third-order valence-electron chi connectivity index (χ3n) is 4.99. The third-order valence-corrected chi connectivity index (χ3v) is 7.16. The molecule has 0 radical (unpaired) electrons. The predicted molar refractivity (Wildman–Crippen MR) is 97.7 cm³/mol. The number of hydrogen-bond acceptors (Lipinski definition) is 5. The van der Waals surface area contributed by atoms with Crippen molar-refractivity contribution >= 4 is 27.7 Å². The van der Waals surface area contributed by atoms with Gasteiger partial charge in [-0.3, -0.25) is 14.5 Å². The number of benzene rings is 1. The summed E-state index contributed by atoms with van der Waals surface area (Å²) in [6, 6.07) is 5.66. The highest BCUT2D eigenvalue weighted by molar-refractivity contribution is 7.92. The van der Waals surface area contributed by atoms with Gasteiger partial charge in [-0.25, -0.2) is 13.2 Å². The van der Waals surface area contributed by atoms with Crippen LogP contribution in [0.3, 0.4) is 0 Å². The van der Waals surface area contributed by atoms with Crippen LogP contribution in [0.2, 0.25) is 0 Å². The van der Waals surface area contributed by atoms with E-state index in [9.17, 15) is 22.8 Å². The Labute approximate surface area is 158 Å². The molecule has 4 amide bonds. The molecular formula is C18H23N3O5S. The minimum atomic E-state index is -3.34. The summed E-state index contributed by atoms with van der Waals surface area (Å²) in [7, 11) is -3.34. The normalized spacial score (nSPS) is 20.5. The first-order valence-electron chi connectivity index (χ1n) is 8.90. The Balaban J connectivity index is 1.61. The van der Waals surface area contributed by atoms with Crippen molar-refractivity contribution in [2.75, 3.05) is 19.6 Å². The number of hydrogen-bond donors (Lipinski definition) is 1. The van der Waals surface area contributed by atoms with Gasteiger partial charge in [-0.2, -0.15) is 0 Å². The van der Waals surface area contributed by atoms with Crippen molar-refractivity contribution in [2.45, 2.75) is 42.9 Å². The molecule has 8 nitrogen and oxygen atoms in total. The van der Waals surface area contributed by atoms with E-state index in [1.54, 1.807) is 30.9 Å². The molecule has 1 unspecified atom stereocenters. The first-order chi connectivity index (χ1) is 12.7. The molecule has 3 rings (SSSR count). The minimum Gasteiger partial charge on any atom is -0.340 e. The van der Waals surface area contributed by atoms with E-state index in [1.807, 2.05) is 0 Å². The molecule has 0 aromatic heterocycles. The van der Waals surface area contributed by atoms with Crippen LogP contribution in [0.4, 0.5) is 4.79 Å². The Kier molecular flexibility index (Phi) is 5.23. The molecule has 1 N–H and O–H groups in total. The maximum absolute atomic E-state index is 12.5. The molecule has 1 atom stereocenters. The van der Waals surface area contributed by atoms with Crippen molar-refractivity contribution in [3.05, 3.63) is 29.8 Å². The Hall–Kier alpha value is -2.42. The Bertz CT molecular complexity index is 847. The van der Waals surface area contributed by atoms with Gasteiger partial charge in [-0.1, -0.05) is 12.1 Å². The summed E-state index contributed by atoms with van der Waals surface area (Å²) in [5, 5.41) is 1.99. The summed E-state index contributed by atoms with van der Waals surface area (Å²) in [4.78, 5) is 39.2. The van der Waals surface area contributed by atoms with Crippen molar-refractivity contribution < 1.29 is 22.8 Å². The summed E-state index contributed by atoms with van der Waals surface area (Å²) in [6.07, 6.45) is 0.714. The van der Waals surface area contributed by atoms with E-state index in [0.29, 0.717) is 19.5 Å². The number of nitrogens with one attached hydrogen (secondary N) is 1. The zero-order valence-electron chi connectivity index (χ0n) is 15.3. The lowest BCUT2D eigenvalue weighted by molar-refractivity contribution is -0.131. The van der Waals surface area contributed by atoms with Crippen molar-refractivity contribution in [3.63, 3.8) is 0 Å². The van der Waals surface area contributed by atoms with Crippen LogP contribution in [0.25, 0.3) is 0 Å². The van der Waals surface area contributed by atoms with E-state index in [1.165, 1.54) is 17.0 Å². The maximum atomic E-state index is 12.5. The fraction of sp³-hybridized carbons (Fsp3) is 0.500. The lowest BCUT2D eigenvalue weighted by Gasteiger charge is -2.21. The first kappa shape index (κ1) is 19.3. The minimum absolute atomic E-state index is 0.00884. The number of likely N-dealkylation sites (tertiary alicyclic amines) is 1. The molecule has 1 aromatic rings. The lowest BCUT2D eigenvalue weighted by atomic mass is 10.1. The second-order valence-electron chi connectivity index (χ2n) is 7.12. The number of imide groups is 1. The molecule has 2 aliphatic rings. The molecule has 2 heterocycles. The van der Waals surface area contributed by atoms with Crippen LogP contribution in [0.15, 0.2) is 29.2 Å². The van der Waals surface area contributed by atoms with Gasteiger partial charge in [0.2, 0.25) is 11.8 Å². The highest BCUT2D eigenvalue weighted by Crippen LogP contribution is 2.20. The van der Waals surface area contributed by atoms with Crippen molar-refractivity contribution in [1.82, 2.24) is 15.1 Å². The molecule has 0 bridgehead atoms. The van der Waals surface area contributed by atoms with Crippen LogP contribution in [0.5, 0.6) is 0 Å². The van der Waals surface area contributed by atoms with Crippen molar-refractivity contribution in [2.24, 2.45) is 0 Å². The molecular weight excluding hydrogens is 370 g/mol. The van der Waals surface area contributed by atoms with Crippen LogP contribution >= 0.6 is 0 Å². The SMILES string of the molecule is CC(C)S(=O)(=O)c1ccc(CC(=O)N2CCC(N3C(=O)CNC3=O)C2)cc1. The number of carbonyl (C=O) groups excluding carboxylic acids is 3. The molecule has 2 fully saturated rings. The van der Waals surface area contributed by atoms with Gasteiger partial charge in [0, 0.05) is 13.1 Å². The van der Waals surface area contributed by atoms with Crippen LogP contribution in [-0.2, 0) is 25.8 Å². The van der Waals surface area contributed by atoms with Crippen molar-refractivity contribution in [1.29, 1.82) is 0 Å². The summed E-state index contributed by atoms with van der Waals surface area (Å²) in [5.41, 5.74) is 0.723. The van der Waals surface area contributed by atoms with E-state index < -0.39 is 21.1 Å². The van der Waals surface area contributed by atoms with Gasteiger partial charge >= 0.3 is 6.03 Å². The summed E-state index contributed by atoms with van der Waals surface area (Å²) in [5.74, 6) is -0.370. The fourth-order valence-corrected chi connectivity index (χ4v) is 4.40. The Morgan fingerprint density at radius 3 is 2.44 bits per heavy atom. The number of amides is 4. The van der Waals surface area contributed by atoms with Crippen molar-refractivity contribution in [3.8, 4) is 0 Å². The van der Waals surface area contributed by atoms with Gasteiger partial charge in [0.15, 0.2) is 9.84 Å². The smallest absolute Gasteiger partial charge is 0.324 e. The zero-order chi connectivity index (χ0) is 19.8. The molecule has 1 aromatic carbocycles. The van der Waals surface area contributed by atoms with Crippen LogP contribution < -0.4 is 5.32 Å². The number of sulfone groups is 1. The lowest BCUT2D eigenvalue weighted by Crippen LogP contribution is -2.43. The van der Waals surface area contributed by atoms with Gasteiger partial charge in [-0.05, 0) is 38.0 Å². The largest absolute Gasteiger partial charge is 0.340 e. The molecule has 9 heteroatoms. The standard InChI is InChI=1S/C18H23N3O5S/c1-12(2)27(25,26)15-5-3-13(4-6-15)9-16(22)20-8-7-14(11-20)21-17(23)10-19-18(21)24/h3-6,12,14H,7-11H2,1-2H3,(H,19,24). The number of nitrogens with zero attached hydrogens (tertiary/aromatic N) is 2. The highest BCUT2D eigenvalue weighted by Gasteiger charge is 2.39. The second-order valence-corrected chi connectivity index (χ2v) is 9.62. The van der Waals surface area contributed by atoms with E-state index in [2.05, 4.69) is 5.32 Å². The second kappa shape index (κ2) is 7.30. The summed E-state index contributed by atoms with van der Waals surface area (Å²) in [6.45, 7) is 4.08. The fourth-order valence-electron chi connectivity index (χ4n) is 3.34. The van der Waals surface area contributed by atoms with E-state index in [-0.39, 0.29) is 35.7 Å². The van der Waals surface area contributed by atoms with Gasteiger partial charge in [0.1, 0.15) is 0 Å². The van der Waals surface area contributed by atoms with Gasteiger partial charge in [-0.15, -0.1) is 0 Å². The quantitative estimate of drug-likeness (QED) is 0.737.